The van der Waals surface area contributed by atoms with Gasteiger partial charge in [0.15, 0.2) is 0 Å². The summed E-state index contributed by atoms with van der Waals surface area (Å²) in [5, 5.41) is 6.76. The van der Waals surface area contributed by atoms with Crippen LogP contribution in [0.5, 0.6) is 0 Å². The SMILES string of the molecule is O=C(C1CCC1)N1C[C@H]2CC[C@@H](C1)N(C(=O)CCCc1cn[nH]c1)C2. The van der Waals surface area contributed by atoms with E-state index in [4.69, 9.17) is 0 Å². The molecule has 1 saturated carbocycles. The third-order valence-corrected chi connectivity index (χ3v) is 6.21. The number of carbonyl (C=O) groups is 2. The summed E-state index contributed by atoms with van der Waals surface area (Å²) in [6, 6.07) is 0.226. The van der Waals surface area contributed by atoms with Crippen molar-refractivity contribution in [1.29, 1.82) is 0 Å². The highest BCUT2D eigenvalue weighted by Gasteiger charge is 2.40. The number of hydrogen-bond donors (Lipinski definition) is 1. The average Bonchev–Trinajstić information content (AvgIpc) is 2.90. The largest absolute Gasteiger partial charge is 0.340 e. The molecular formula is C19H28N4O2. The standard InChI is InChI=1S/C19H28N4O2/c24-18(6-1-3-14-9-20-21-10-14)23-12-15-7-8-17(23)13-22(11-15)19(25)16-4-2-5-16/h9-10,15-17H,1-8,11-13H2,(H,20,21)/t15-,17+/m1/s1. The molecule has 4 fully saturated rings. The molecule has 3 aliphatic heterocycles. The van der Waals surface area contributed by atoms with Crippen LogP contribution in [0.1, 0.15) is 50.5 Å². The van der Waals surface area contributed by atoms with E-state index in [9.17, 15) is 9.59 Å². The van der Waals surface area contributed by atoms with E-state index in [-0.39, 0.29) is 17.9 Å². The molecule has 2 bridgehead atoms. The predicted octanol–water partition coefficient (Wildman–Crippen LogP) is 1.98. The van der Waals surface area contributed by atoms with Gasteiger partial charge in [-0.25, -0.2) is 0 Å². The Morgan fingerprint density at radius 1 is 1.16 bits per heavy atom. The maximum absolute atomic E-state index is 12.7. The number of nitrogens with one attached hydrogen (secondary N) is 1. The van der Waals surface area contributed by atoms with Crippen molar-refractivity contribution in [1.82, 2.24) is 20.0 Å². The molecule has 0 aromatic carbocycles. The molecule has 6 nitrogen and oxygen atoms in total. The predicted molar refractivity (Wildman–Crippen MR) is 93.7 cm³/mol. The smallest absolute Gasteiger partial charge is 0.225 e. The summed E-state index contributed by atoms with van der Waals surface area (Å²) >= 11 is 0. The van der Waals surface area contributed by atoms with Crippen LogP contribution in [-0.4, -0.2) is 57.5 Å². The van der Waals surface area contributed by atoms with E-state index in [1.54, 1.807) is 0 Å². The van der Waals surface area contributed by atoms with E-state index < -0.39 is 0 Å². The molecule has 5 rings (SSSR count). The van der Waals surface area contributed by atoms with Gasteiger partial charge >= 0.3 is 0 Å². The minimum atomic E-state index is 0.226. The quantitative estimate of drug-likeness (QED) is 0.888. The lowest BCUT2D eigenvalue weighted by atomic mass is 9.84. The number of aromatic nitrogens is 2. The lowest BCUT2D eigenvalue weighted by Gasteiger charge is -2.36. The van der Waals surface area contributed by atoms with E-state index in [1.165, 1.54) is 6.42 Å². The number of piperidine rings is 1. The Bertz CT molecular complexity index is 611. The highest BCUT2D eigenvalue weighted by atomic mass is 16.2. The molecule has 1 aliphatic carbocycles. The Morgan fingerprint density at radius 2 is 2.04 bits per heavy atom. The molecular weight excluding hydrogens is 316 g/mol. The Balaban J connectivity index is 1.33. The van der Waals surface area contributed by atoms with Gasteiger partial charge in [-0.15, -0.1) is 0 Å². The van der Waals surface area contributed by atoms with Gasteiger partial charge in [0.1, 0.15) is 0 Å². The van der Waals surface area contributed by atoms with Gasteiger partial charge in [0, 0.05) is 44.2 Å². The maximum Gasteiger partial charge on any atom is 0.225 e. The zero-order chi connectivity index (χ0) is 17.2. The van der Waals surface area contributed by atoms with Crippen molar-refractivity contribution in [3.63, 3.8) is 0 Å². The molecule has 0 spiro atoms. The van der Waals surface area contributed by atoms with Crippen LogP contribution in [0.3, 0.4) is 0 Å². The minimum absolute atomic E-state index is 0.226. The van der Waals surface area contributed by atoms with Crippen LogP contribution in [0.15, 0.2) is 12.4 Å². The van der Waals surface area contributed by atoms with E-state index in [0.717, 1.165) is 63.7 Å². The first-order valence-corrected chi connectivity index (χ1v) is 9.76. The fourth-order valence-electron chi connectivity index (χ4n) is 4.48. The summed E-state index contributed by atoms with van der Waals surface area (Å²) in [7, 11) is 0. The third-order valence-electron chi connectivity index (χ3n) is 6.21. The van der Waals surface area contributed by atoms with E-state index in [2.05, 4.69) is 20.0 Å². The zero-order valence-electron chi connectivity index (χ0n) is 14.8. The molecule has 4 aliphatic rings. The van der Waals surface area contributed by atoms with Crippen molar-refractivity contribution < 1.29 is 9.59 Å². The van der Waals surface area contributed by atoms with Crippen molar-refractivity contribution in [3.8, 4) is 0 Å². The number of nitrogens with zero attached hydrogens (tertiary/aromatic N) is 3. The highest BCUT2D eigenvalue weighted by Crippen LogP contribution is 2.33. The second kappa shape index (κ2) is 7.18. The van der Waals surface area contributed by atoms with E-state index in [0.29, 0.717) is 18.2 Å². The number of fused-ring (bicyclic) bond motifs is 4. The van der Waals surface area contributed by atoms with Crippen LogP contribution in [0.25, 0.3) is 0 Å². The summed E-state index contributed by atoms with van der Waals surface area (Å²) in [6.45, 7) is 2.44. The van der Waals surface area contributed by atoms with Gasteiger partial charge in [-0.1, -0.05) is 6.42 Å². The summed E-state index contributed by atoms with van der Waals surface area (Å²) < 4.78 is 0. The summed E-state index contributed by atoms with van der Waals surface area (Å²) in [5.74, 6) is 1.32. The molecule has 25 heavy (non-hydrogen) atoms. The van der Waals surface area contributed by atoms with Gasteiger partial charge in [-0.2, -0.15) is 5.10 Å². The Hall–Kier alpha value is -1.85. The molecule has 1 aromatic rings. The topological polar surface area (TPSA) is 69.3 Å². The lowest BCUT2D eigenvalue weighted by Crippen LogP contribution is -2.48. The summed E-state index contributed by atoms with van der Waals surface area (Å²) in [4.78, 5) is 29.5. The monoisotopic (exact) mass is 344 g/mol. The summed E-state index contributed by atoms with van der Waals surface area (Å²) in [5.41, 5.74) is 1.16. The number of hydrogen-bond acceptors (Lipinski definition) is 3. The first-order valence-electron chi connectivity index (χ1n) is 9.76. The van der Waals surface area contributed by atoms with Gasteiger partial charge in [-0.05, 0) is 50.0 Å². The fourth-order valence-corrected chi connectivity index (χ4v) is 4.48. The van der Waals surface area contributed by atoms with Gasteiger partial charge in [0.25, 0.3) is 0 Å². The third kappa shape index (κ3) is 3.58. The Kier molecular flexibility index (Phi) is 4.77. The number of H-pyrrole nitrogens is 1. The van der Waals surface area contributed by atoms with Crippen LogP contribution < -0.4 is 0 Å². The molecule has 1 N–H and O–H groups in total. The molecule has 0 unspecified atom stereocenters. The van der Waals surface area contributed by atoms with Crippen LogP contribution >= 0.6 is 0 Å². The van der Waals surface area contributed by atoms with Crippen molar-refractivity contribution in [2.45, 2.75) is 57.4 Å². The molecule has 3 saturated heterocycles. The van der Waals surface area contributed by atoms with Crippen LogP contribution in [0, 0.1) is 11.8 Å². The fraction of sp³-hybridized carbons (Fsp3) is 0.737. The lowest BCUT2D eigenvalue weighted by molar-refractivity contribution is -0.140. The Morgan fingerprint density at radius 3 is 2.76 bits per heavy atom. The van der Waals surface area contributed by atoms with Crippen molar-refractivity contribution in [3.05, 3.63) is 18.0 Å². The van der Waals surface area contributed by atoms with Gasteiger partial charge in [-0.3, -0.25) is 14.7 Å². The summed E-state index contributed by atoms with van der Waals surface area (Å²) in [6.07, 6.45) is 11.6. The second-order valence-corrected chi connectivity index (χ2v) is 7.97. The second-order valence-electron chi connectivity index (χ2n) is 7.97. The molecule has 4 heterocycles. The molecule has 0 radical (unpaired) electrons. The zero-order valence-corrected chi connectivity index (χ0v) is 14.8. The van der Waals surface area contributed by atoms with Crippen molar-refractivity contribution >= 4 is 11.8 Å². The van der Waals surface area contributed by atoms with E-state index >= 15 is 0 Å². The van der Waals surface area contributed by atoms with E-state index in [1.807, 2.05) is 12.4 Å². The number of aromatic amines is 1. The molecule has 1 aromatic heterocycles. The molecule has 2 atom stereocenters. The minimum Gasteiger partial charge on any atom is -0.340 e. The first-order chi connectivity index (χ1) is 12.2. The van der Waals surface area contributed by atoms with Gasteiger partial charge < -0.3 is 9.80 Å². The molecule has 6 heteroatoms. The van der Waals surface area contributed by atoms with Crippen molar-refractivity contribution in [2.75, 3.05) is 19.6 Å². The average molecular weight is 344 g/mol. The van der Waals surface area contributed by atoms with Crippen LogP contribution in [0.2, 0.25) is 0 Å². The van der Waals surface area contributed by atoms with Crippen molar-refractivity contribution in [2.24, 2.45) is 11.8 Å². The van der Waals surface area contributed by atoms with Gasteiger partial charge in [0.05, 0.1) is 6.20 Å². The first kappa shape index (κ1) is 16.6. The normalized spacial score (nSPS) is 26.4. The number of aryl methyl sites for hydroxylation is 1. The molecule has 2 amide bonds. The highest BCUT2D eigenvalue weighted by molar-refractivity contribution is 5.80. The van der Waals surface area contributed by atoms with Gasteiger partial charge in [0.2, 0.25) is 11.8 Å². The number of carbonyl (C=O) groups excluding carboxylic acids is 2. The Labute approximate surface area is 148 Å². The van der Waals surface area contributed by atoms with Crippen LogP contribution in [-0.2, 0) is 16.0 Å². The maximum atomic E-state index is 12.7. The number of amides is 2. The van der Waals surface area contributed by atoms with Crippen LogP contribution in [0.4, 0.5) is 0 Å². The molecule has 136 valence electrons. The number of rotatable bonds is 5.